The Labute approximate surface area is 74.6 Å². The zero-order chi connectivity index (χ0) is 9.35. The second-order valence-electron chi connectivity index (χ2n) is 4.37. The molecule has 0 N–H and O–H groups in total. The average molecular weight is 184 g/mol. The summed E-state index contributed by atoms with van der Waals surface area (Å²) in [6.45, 7) is 8.71. The lowest BCUT2D eigenvalue weighted by atomic mass is 10.2. The summed E-state index contributed by atoms with van der Waals surface area (Å²) in [5, 5.41) is 1.33. The first-order valence-electron chi connectivity index (χ1n) is 4.31. The Morgan fingerprint density at radius 2 is 2.08 bits per heavy atom. The lowest BCUT2D eigenvalue weighted by molar-refractivity contribution is -0.143. The normalized spacial score (nSPS) is 24.8. The number of hydrogen-bond acceptors (Lipinski definition) is 2. The van der Waals surface area contributed by atoms with E-state index in [2.05, 4.69) is 19.6 Å². The molecule has 1 rings (SSSR count). The maximum absolute atomic E-state index is 11.1. The van der Waals surface area contributed by atoms with E-state index >= 15 is 0 Å². The molecule has 0 amide bonds. The fourth-order valence-electron chi connectivity index (χ4n) is 1.31. The molecule has 1 unspecified atom stereocenters. The fourth-order valence-corrected chi connectivity index (χ4v) is 2.76. The molecule has 0 radical (unpaired) electrons. The predicted octanol–water partition coefficient (Wildman–Crippen LogP) is 2.13. The van der Waals surface area contributed by atoms with E-state index < -0.39 is 8.07 Å². The molecule has 1 aliphatic heterocycles. The summed E-state index contributed by atoms with van der Waals surface area (Å²) in [6, 6.07) is 0. The fraction of sp³-hybridized carbons (Fsp3) is 0.667. The monoisotopic (exact) mass is 184 g/mol. The van der Waals surface area contributed by atoms with E-state index in [1.807, 2.05) is 6.92 Å². The van der Waals surface area contributed by atoms with Crippen molar-refractivity contribution < 1.29 is 9.53 Å². The first kappa shape index (κ1) is 9.51. The van der Waals surface area contributed by atoms with Crippen LogP contribution in [0.25, 0.3) is 0 Å². The lowest BCUT2D eigenvalue weighted by Gasteiger charge is -2.27. The molecule has 0 saturated carbocycles. The topological polar surface area (TPSA) is 26.3 Å². The van der Waals surface area contributed by atoms with Crippen molar-refractivity contribution in [2.75, 3.05) is 0 Å². The minimum absolute atomic E-state index is 0.0734. The molecule has 0 aliphatic carbocycles. The van der Waals surface area contributed by atoms with E-state index in [9.17, 15) is 4.79 Å². The number of hydrogen-bond donors (Lipinski definition) is 0. The van der Waals surface area contributed by atoms with Gasteiger partial charge in [0.05, 0.1) is 8.07 Å². The van der Waals surface area contributed by atoms with Crippen LogP contribution < -0.4 is 0 Å². The zero-order valence-electron chi connectivity index (χ0n) is 8.18. The van der Waals surface area contributed by atoms with Crippen molar-refractivity contribution in [1.29, 1.82) is 0 Å². The number of cyclic esters (lactones) is 1. The molecule has 0 aromatic rings. The number of rotatable bonds is 1. The van der Waals surface area contributed by atoms with Gasteiger partial charge in [-0.25, -0.2) is 4.79 Å². The van der Waals surface area contributed by atoms with Crippen LogP contribution in [0.3, 0.4) is 0 Å². The molecule has 0 bridgehead atoms. The van der Waals surface area contributed by atoms with Crippen LogP contribution in [-0.2, 0) is 9.53 Å². The SMILES string of the molecule is CC1CC([Si](C)(C)C)=CC(=O)O1. The van der Waals surface area contributed by atoms with Crippen molar-refractivity contribution in [3.63, 3.8) is 0 Å². The Morgan fingerprint density at radius 1 is 1.50 bits per heavy atom. The summed E-state index contributed by atoms with van der Waals surface area (Å²) in [4.78, 5) is 11.1. The maximum atomic E-state index is 11.1. The molecular formula is C9H16O2Si. The summed E-state index contributed by atoms with van der Waals surface area (Å²) in [7, 11) is -1.28. The minimum atomic E-state index is -1.28. The van der Waals surface area contributed by atoms with Gasteiger partial charge in [0.25, 0.3) is 0 Å². The number of carbonyl (C=O) groups is 1. The van der Waals surface area contributed by atoms with Gasteiger partial charge in [-0.3, -0.25) is 0 Å². The molecule has 1 heterocycles. The largest absolute Gasteiger partial charge is 0.459 e. The van der Waals surface area contributed by atoms with E-state index in [0.717, 1.165) is 6.42 Å². The number of carbonyl (C=O) groups excluding carboxylic acids is 1. The van der Waals surface area contributed by atoms with Gasteiger partial charge in [-0.1, -0.05) is 24.8 Å². The third-order valence-electron chi connectivity index (χ3n) is 2.08. The Morgan fingerprint density at radius 3 is 2.50 bits per heavy atom. The van der Waals surface area contributed by atoms with Gasteiger partial charge >= 0.3 is 5.97 Å². The average Bonchev–Trinajstić information content (AvgIpc) is 1.82. The smallest absolute Gasteiger partial charge is 0.330 e. The van der Waals surface area contributed by atoms with Crippen LogP contribution in [0.4, 0.5) is 0 Å². The van der Waals surface area contributed by atoms with E-state index in [1.165, 1.54) is 5.20 Å². The highest BCUT2D eigenvalue weighted by atomic mass is 28.3. The highest BCUT2D eigenvalue weighted by Gasteiger charge is 2.26. The van der Waals surface area contributed by atoms with Crippen LogP contribution >= 0.6 is 0 Å². The standard InChI is InChI=1S/C9H16O2Si/c1-7-5-8(12(2,3)4)6-9(10)11-7/h6-7H,5H2,1-4H3. The molecule has 0 aromatic heterocycles. The predicted molar refractivity (Wildman–Crippen MR) is 51.6 cm³/mol. The Kier molecular flexibility index (Phi) is 2.42. The van der Waals surface area contributed by atoms with E-state index in [-0.39, 0.29) is 12.1 Å². The van der Waals surface area contributed by atoms with Crippen molar-refractivity contribution in [2.24, 2.45) is 0 Å². The van der Waals surface area contributed by atoms with Gasteiger partial charge in [-0.05, 0) is 6.92 Å². The Hall–Kier alpha value is -0.573. The van der Waals surface area contributed by atoms with E-state index in [0.29, 0.717) is 0 Å². The quantitative estimate of drug-likeness (QED) is 0.461. The summed E-state index contributed by atoms with van der Waals surface area (Å²) < 4.78 is 5.02. The molecule has 0 aromatic carbocycles. The Balaban J connectivity index is 2.84. The van der Waals surface area contributed by atoms with Gasteiger partial charge in [-0.15, -0.1) is 0 Å². The first-order chi connectivity index (χ1) is 5.39. The van der Waals surface area contributed by atoms with Gasteiger partial charge in [0.2, 0.25) is 0 Å². The summed E-state index contributed by atoms with van der Waals surface area (Å²) in [5.74, 6) is -0.161. The van der Waals surface area contributed by atoms with Gasteiger partial charge in [0.1, 0.15) is 6.10 Å². The van der Waals surface area contributed by atoms with Gasteiger partial charge in [-0.2, -0.15) is 0 Å². The highest BCUT2D eigenvalue weighted by molar-refractivity contribution is 6.83. The van der Waals surface area contributed by atoms with Crippen molar-refractivity contribution in [3.8, 4) is 0 Å². The lowest BCUT2D eigenvalue weighted by Crippen LogP contribution is -2.32. The molecule has 0 spiro atoms. The van der Waals surface area contributed by atoms with Gasteiger partial charge in [0, 0.05) is 12.5 Å². The molecular weight excluding hydrogens is 168 g/mol. The van der Waals surface area contributed by atoms with Crippen LogP contribution in [0.5, 0.6) is 0 Å². The second-order valence-corrected chi connectivity index (χ2v) is 9.51. The van der Waals surface area contributed by atoms with E-state index in [1.54, 1.807) is 6.08 Å². The summed E-state index contributed by atoms with van der Waals surface area (Å²) in [5.41, 5.74) is 0. The molecule has 2 nitrogen and oxygen atoms in total. The Bertz CT molecular complexity index is 225. The first-order valence-corrected chi connectivity index (χ1v) is 7.81. The van der Waals surface area contributed by atoms with E-state index in [4.69, 9.17) is 4.74 Å². The third kappa shape index (κ3) is 2.20. The van der Waals surface area contributed by atoms with Crippen LogP contribution in [0, 0.1) is 0 Å². The van der Waals surface area contributed by atoms with Crippen LogP contribution in [0.15, 0.2) is 11.3 Å². The maximum Gasteiger partial charge on any atom is 0.330 e. The highest BCUT2D eigenvalue weighted by Crippen LogP contribution is 2.24. The van der Waals surface area contributed by atoms with Gasteiger partial charge < -0.3 is 4.74 Å². The molecule has 0 saturated heterocycles. The molecule has 3 heteroatoms. The zero-order valence-corrected chi connectivity index (χ0v) is 9.18. The number of esters is 1. The van der Waals surface area contributed by atoms with Crippen molar-refractivity contribution in [1.82, 2.24) is 0 Å². The molecule has 12 heavy (non-hydrogen) atoms. The van der Waals surface area contributed by atoms with Crippen LogP contribution in [0.1, 0.15) is 13.3 Å². The van der Waals surface area contributed by atoms with Crippen LogP contribution in [0.2, 0.25) is 19.6 Å². The molecule has 0 fully saturated rings. The second kappa shape index (κ2) is 3.05. The minimum Gasteiger partial charge on any atom is -0.459 e. The molecule has 68 valence electrons. The van der Waals surface area contributed by atoms with Crippen molar-refractivity contribution in [2.45, 2.75) is 39.1 Å². The summed E-state index contributed by atoms with van der Waals surface area (Å²) in [6.07, 6.45) is 2.69. The third-order valence-corrected chi connectivity index (χ3v) is 4.36. The molecule has 1 atom stereocenters. The van der Waals surface area contributed by atoms with Crippen molar-refractivity contribution in [3.05, 3.63) is 11.3 Å². The van der Waals surface area contributed by atoms with Crippen molar-refractivity contribution >= 4 is 14.0 Å². The van der Waals surface area contributed by atoms with Crippen LogP contribution in [-0.4, -0.2) is 20.1 Å². The number of ether oxygens (including phenoxy) is 1. The van der Waals surface area contributed by atoms with Gasteiger partial charge in [0.15, 0.2) is 0 Å². The molecule has 1 aliphatic rings. The summed E-state index contributed by atoms with van der Waals surface area (Å²) >= 11 is 0.